The molecule has 0 radical (unpaired) electrons. The van der Waals surface area contributed by atoms with Crippen LogP contribution in [-0.4, -0.2) is 17.4 Å². The van der Waals surface area contributed by atoms with Crippen LogP contribution < -0.4 is 0 Å². The molecular weight excluding hydrogens is 220 g/mol. The van der Waals surface area contributed by atoms with Gasteiger partial charge in [-0.05, 0) is 19.3 Å². The number of hydrogen-bond acceptors (Lipinski definition) is 2. The van der Waals surface area contributed by atoms with Crippen molar-refractivity contribution in [2.75, 3.05) is 6.61 Å². The van der Waals surface area contributed by atoms with Crippen LogP contribution in [0.15, 0.2) is 0 Å². The maximum absolute atomic E-state index is 11.0. The van der Waals surface area contributed by atoms with E-state index in [1.807, 2.05) is 6.92 Å². The molecule has 0 aromatic heterocycles. The predicted octanol–water partition coefficient (Wildman–Crippen LogP) is 2.89. The maximum Gasteiger partial charge on any atom is 0.305 e. The Morgan fingerprint density at radius 1 is 1.50 bits per heavy atom. The van der Waals surface area contributed by atoms with Crippen molar-refractivity contribution >= 4 is 21.9 Å². The van der Waals surface area contributed by atoms with E-state index in [0.717, 1.165) is 19.3 Å². The molecule has 0 heterocycles. The Labute approximate surface area is 82.8 Å². The fourth-order valence-corrected chi connectivity index (χ4v) is 0.996. The lowest BCUT2D eigenvalue weighted by atomic mass is 10.2. The van der Waals surface area contributed by atoms with Gasteiger partial charge in [0.05, 0.1) is 6.61 Å². The van der Waals surface area contributed by atoms with Gasteiger partial charge in [0, 0.05) is 11.2 Å². The van der Waals surface area contributed by atoms with Gasteiger partial charge in [0.2, 0.25) is 0 Å². The summed E-state index contributed by atoms with van der Waals surface area (Å²) in [6.45, 7) is 4.64. The van der Waals surface area contributed by atoms with E-state index in [9.17, 15) is 4.79 Å². The van der Waals surface area contributed by atoms with E-state index in [1.165, 1.54) is 0 Å². The zero-order valence-electron chi connectivity index (χ0n) is 7.81. The number of halogens is 1. The highest BCUT2D eigenvalue weighted by molar-refractivity contribution is 9.09. The molecule has 12 heavy (non-hydrogen) atoms. The van der Waals surface area contributed by atoms with E-state index in [0.29, 0.717) is 17.9 Å². The van der Waals surface area contributed by atoms with Gasteiger partial charge in [-0.2, -0.15) is 0 Å². The molecule has 0 aliphatic rings. The van der Waals surface area contributed by atoms with Gasteiger partial charge in [0.25, 0.3) is 0 Å². The molecular formula is C9H17BrO2. The van der Waals surface area contributed by atoms with Gasteiger partial charge in [0.15, 0.2) is 0 Å². The number of hydrogen-bond donors (Lipinski definition) is 0. The lowest BCUT2D eigenvalue weighted by molar-refractivity contribution is -0.143. The van der Waals surface area contributed by atoms with Crippen molar-refractivity contribution < 1.29 is 9.53 Å². The van der Waals surface area contributed by atoms with Gasteiger partial charge in [-0.15, -0.1) is 0 Å². The summed E-state index contributed by atoms with van der Waals surface area (Å²) < 4.78 is 4.93. The molecule has 0 saturated carbocycles. The lowest BCUT2D eigenvalue weighted by Gasteiger charge is -2.05. The molecule has 0 aromatic carbocycles. The summed E-state index contributed by atoms with van der Waals surface area (Å²) >= 11 is 3.47. The third-order valence-corrected chi connectivity index (χ3v) is 2.68. The normalized spacial score (nSPS) is 12.6. The Kier molecular flexibility index (Phi) is 7.56. The molecule has 0 fully saturated rings. The summed E-state index contributed by atoms with van der Waals surface area (Å²) in [5, 5.41) is 0. The van der Waals surface area contributed by atoms with Crippen LogP contribution in [-0.2, 0) is 9.53 Å². The molecule has 0 amide bonds. The highest BCUT2D eigenvalue weighted by atomic mass is 79.9. The average Bonchev–Trinajstić information content (AvgIpc) is 2.10. The van der Waals surface area contributed by atoms with Crippen molar-refractivity contribution in [2.45, 2.75) is 44.4 Å². The van der Waals surface area contributed by atoms with Crippen molar-refractivity contribution in [3.63, 3.8) is 0 Å². The quantitative estimate of drug-likeness (QED) is 0.524. The minimum Gasteiger partial charge on any atom is -0.466 e. The number of rotatable bonds is 6. The summed E-state index contributed by atoms with van der Waals surface area (Å²) in [5.74, 6) is -0.0743. The third-order valence-electron chi connectivity index (χ3n) is 1.57. The predicted molar refractivity (Wildman–Crippen MR) is 53.5 cm³/mol. The first-order valence-corrected chi connectivity index (χ1v) is 5.42. The van der Waals surface area contributed by atoms with Crippen LogP contribution in [0.3, 0.4) is 0 Å². The van der Waals surface area contributed by atoms with Gasteiger partial charge < -0.3 is 4.74 Å². The van der Waals surface area contributed by atoms with Crippen molar-refractivity contribution in [2.24, 2.45) is 0 Å². The number of esters is 1. The summed E-state index contributed by atoms with van der Waals surface area (Å²) in [7, 11) is 0. The molecule has 0 aliphatic heterocycles. The van der Waals surface area contributed by atoms with E-state index < -0.39 is 0 Å². The smallest absolute Gasteiger partial charge is 0.305 e. The Hall–Kier alpha value is -0.0500. The van der Waals surface area contributed by atoms with Gasteiger partial charge in [-0.25, -0.2) is 0 Å². The van der Waals surface area contributed by atoms with Crippen molar-refractivity contribution in [3.8, 4) is 0 Å². The standard InChI is InChI=1S/C9H17BrO2/c1-3-7-12-9(11)6-5-8(10)4-2/h8H,3-7H2,1-2H3. The topological polar surface area (TPSA) is 26.3 Å². The minimum atomic E-state index is -0.0743. The molecule has 0 aliphatic carbocycles. The van der Waals surface area contributed by atoms with Crippen molar-refractivity contribution in [3.05, 3.63) is 0 Å². The minimum absolute atomic E-state index is 0.0743. The zero-order valence-corrected chi connectivity index (χ0v) is 9.39. The third kappa shape index (κ3) is 6.65. The van der Waals surface area contributed by atoms with Gasteiger partial charge in [-0.1, -0.05) is 29.8 Å². The van der Waals surface area contributed by atoms with Crippen molar-refractivity contribution in [1.29, 1.82) is 0 Å². The fourth-order valence-electron chi connectivity index (χ4n) is 0.767. The maximum atomic E-state index is 11.0. The first kappa shape index (κ1) is 11.9. The molecule has 0 spiro atoms. The number of carbonyl (C=O) groups excluding carboxylic acids is 1. The Balaban J connectivity index is 3.31. The summed E-state index contributed by atoms with van der Waals surface area (Å²) in [6.07, 6.45) is 3.36. The van der Waals surface area contributed by atoms with E-state index in [-0.39, 0.29) is 5.97 Å². The van der Waals surface area contributed by atoms with E-state index in [2.05, 4.69) is 22.9 Å². The largest absolute Gasteiger partial charge is 0.466 e. The first-order chi connectivity index (χ1) is 5.70. The number of ether oxygens (including phenoxy) is 1. The van der Waals surface area contributed by atoms with Crippen LogP contribution in [0.5, 0.6) is 0 Å². The van der Waals surface area contributed by atoms with Crippen LogP contribution in [0, 0.1) is 0 Å². The SMILES string of the molecule is CCCOC(=O)CCC(Br)CC. The first-order valence-electron chi connectivity index (χ1n) is 4.50. The molecule has 1 unspecified atom stereocenters. The van der Waals surface area contributed by atoms with Gasteiger partial charge in [-0.3, -0.25) is 4.79 Å². The number of carbonyl (C=O) groups is 1. The van der Waals surface area contributed by atoms with Gasteiger partial charge in [0.1, 0.15) is 0 Å². The van der Waals surface area contributed by atoms with E-state index in [1.54, 1.807) is 0 Å². The lowest BCUT2D eigenvalue weighted by Crippen LogP contribution is -2.07. The highest BCUT2D eigenvalue weighted by Gasteiger charge is 2.06. The summed E-state index contributed by atoms with van der Waals surface area (Å²) in [4.78, 5) is 11.4. The number of alkyl halides is 1. The van der Waals surface area contributed by atoms with Gasteiger partial charge >= 0.3 is 5.97 Å². The molecule has 0 bridgehead atoms. The van der Waals surface area contributed by atoms with Crippen LogP contribution in [0.1, 0.15) is 39.5 Å². The molecule has 0 saturated heterocycles. The molecule has 72 valence electrons. The molecule has 0 rings (SSSR count). The molecule has 0 N–H and O–H groups in total. The monoisotopic (exact) mass is 236 g/mol. The Morgan fingerprint density at radius 3 is 2.67 bits per heavy atom. The fraction of sp³-hybridized carbons (Fsp3) is 0.889. The summed E-state index contributed by atoms with van der Waals surface area (Å²) in [6, 6.07) is 0. The Bertz CT molecular complexity index is 126. The van der Waals surface area contributed by atoms with E-state index in [4.69, 9.17) is 4.74 Å². The average molecular weight is 237 g/mol. The molecule has 3 heteroatoms. The van der Waals surface area contributed by atoms with Crippen LogP contribution in [0.4, 0.5) is 0 Å². The van der Waals surface area contributed by atoms with Crippen LogP contribution >= 0.6 is 15.9 Å². The highest BCUT2D eigenvalue weighted by Crippen LogP contribution is 2.11. The second-order valence-corrected chi connectivity index (χ2v) is 4.06. The second kappa shape index (κ2) is 7.59. The van der Waals surface area contributed by atoms with Crippen LogP contribution in [0.25, 0.3) is 0 Å². The van der Waals surface area contributed by atoms with Crippen molar-refractivity contribution in [1.82, 2.24) is 0 Å². The molecule has 2 nitrogen and oxygen atoms in total. The van der Waals surface area contributed by atoms with E-state index >= 15 is 0 Å². The molecule has 0 aromatic rings. The second-order valence-electron chi connectivity index (χ2n) is 2.76. The zero-order chi connectivity index (χ0) is 9.40. The summed E-state index contributed by atoms with van der Waals surface area (Å²) in [5.41, 5.74) is 0. The Morgan fingerprint density at radius 2 is 2.17 bits per heavy atom. The van der Waals surface area contributed by atoms with Crippen LogP contribution in [0.2, 0.25) is 0 Å². The molecule has 1 atom stereocenters.